The number of benzene rings is 2. The standard InChI is InChI=1S/C22H23BrN4O6/c1-11-18(21(29)26-14-6-4-5-7-15(14)31-2)19(27-22(30)25-11)12-8-13(23)20(16(9-12)32-3)33-10-17(24)28/h4-9,19H,10H2,1-3H3,(H2,24,28)(H,26,29)(H2,25,27,30)/t19-/m1/s1. The SMILES string of the molecule is COc1ccccc1NC(=O)C1=C(C)NC(=O)N[C@@H]1c1cc(Br)c(OCC(N)=O)c(OC)c1. The lowest BCUT2D eigenvalue weighted by Gasteiger charge is -2.29. The van der Waals surface area contributed by atoms with Crippen LogP contribution in [-0.2, 0) is 9.59 Å². The number of amides is 4. The summed E-state index contributed by atoms with van der Waals surface area (Å²) >= 11 is 3.40. The number of methoxy groups -OCH3 is 2. The lowest BCUT2D eigenvalue weighted by Crippen LogP contribution is -2.46. The van der Waals surface area contributed by atoms with E-state index in [-0.39, 0.29) is 18.1 Å². The van der Waals surface area contributed by atoms with Crippen LogP contribution in [0.25, 0.3) is 0 Å². The smallest absolute Gasteiger partial charge is 0.319 e. The molecule has 5 N–H and O–H groups in total. The van der Waals surface area contributed by atoms with E-state index >= 15 is 0 Å². The lowest BCUT2D eigenvalue weighted by atomic mass is 9.94. The second kappa shape index (κ2) is 10.3. The second-order valence-corrected chi connectivity index (χ2v) is 7.87. The number of allylic oxidation sites excluding steroid dienone is 1. The van der Waals surface area contributed by atoms with Gasteiger partial charge in [0, 0.05) is 5.70 Å². The molecule has 2 aromatic rings. The van der Waals surface area contributed by atoms with Gasteiger partial charge in [0.15, 0.2) is 18.1 Å². The highest BCUT2D eigenvalue weighted by Crippen LogP contribution is 2.40. The van der Waals surface area contributed by atoms with Gasteiger partial charge in [0.05, 0.1) is 36.0 Å². The Bertz CT molecular complexity index is 1130. The Morgan fingerprint density at radius 2 is 1.85 bits per heavy atom. The van der Waals surface area contributed by atoms with Gasteiger partial charge in [0.2, 0.25) is 0 Å². The number of anilines is 1. The number of hydrogen-bond donors (Lipinski definition) is 4. The predicted octanol–water partition coefficient (Wildman–Crippen LogP) is 2.60. The Labute approximate surface area is 198 Å². The van der Waals surface area contributed by atoms with Crippen LogP contribution in [-0.4, -0.2) is 38.7 Å². The van der Waals surface area contributed by atoms with E-state index in [1.165, 1.54) is 14.2 Å². The Morgan fingerprint density at radius 1 is 1.15 bits per heavy atom. The number of nitrogens with one attached hydrogen (secondary N) is 3. The molecule has 11 heteroatoms. The molecule has 1 atom stereocenters. The van der Waals surface area contributed by atoms with Crippen LogP contribution in [0, 0.1) is 0 Å². The first-order valence-corrected chi connectivity index (χ1v) is 10.6. The van der Waals surface area contributed by atoms with E-state index in [1.807, 2.05) is 0 Å². The van der Waals surface area contributed by atoms with Gasteiger partial charge in [0.25, 0.3) is 11.8 Å². The molecule has 0 saturated carbocycles. The number of ether oxygens (including phenoxy) is 3. The quantitative estimate of drug-likeness (QED) is 0.423. The second-order valence-electron chi connectivity index (χ2n) is 7.01. The molecule has 4 amide bonds. The summed E-state index contributed by atoms with van der Waals surface area (Å²) < 4.78 is 16.6. The number of nitrogens with two attached hydrogens (primary N) is 1. The first-order valence-electron chi connectivity index (χ1n) is 9.76. The maximum absolute atomic E-state index is 13.3. The molecule has 0 unspecified atom stereocenters. The van der Waals surface area contributed by atoms with Crippen molar-refractivity contribution >= 4 is 39.5 Å². The number of carbonyl (C=O) groups excluding carboxylic acids is 3. The molecule has 0 radical (unpaired) electrons. The molecule has 0 fully saturated rings. The van der Waals surface area contributed by atoms with Crippen molar-refractivity contribution in [3.8, 4) is 17.2 Å². The fraction of sp³-hybridized carbons (Fsp3) is 0.227. The number of para-hydroxylation sites is 2. The Kier molecular flexibility index (Phi) is 7.44. The van der Waals surface area contributed by atoms with Crippen LogP contribution in [0.5, 0.6) is 17.2 Å². The van der Waals surface area contributed by atoms with Crippen LogP contribution in [0.1, 0.15) is 18.5 Å². The van der Waals surface area contributed by atoms with Crippen LogP contribution in [0.3, 0.4) is 0 Å². The average molecular weight is 519 g/mol. The van der Waals surface area contributed by atoms with E-state index < -0.39 is 23.9 Å². The van der Waals surface area contributed by atoms with Crippen molar-refractivity contribution in [3.05, 3.63) is 57.7 Å². The molecule has 174 valence electrons. The molecule has 0 bridgehead atoms. The van der Waals surface area contributed by atoms with Crippen LogP contribution in [0.2, 0.25) is 0 Å². The van der Waals surface area contributed by atoms with Crippen molar-refractivity contribution in [1.82, 2.24) is 10.6 Å². The Balaban J connectivity index is 2.00. The molecule has 1 aliphatic heterocycles. The third-order valence-electron chi connectivity index (χ3n) is 4.81. The summed E-state index contributed by atoms with van der Waals surface area (Å²) in [6.45, 7) is 1.30. The lowest BCUT2D eigenvalue weighted by molar-refractivity contribution is -0.120. The maximum atomic E-state index is 13.3. The number of halogens is 1. The molecule has 1 aliphatic rings. The van der Waals surface area contributed by atoms with Crippen LogP contribution in [0.15, 0.2) is 52.1 Å². The first kappa shape index (κ1) is 23.9. The van der Waals surface area contributed by atoms with Crippen molar-refractivity contribution < 1.29 is 28.6 Å². The summed E-state index contributed by atoms with van der Waals surface area (Å²) in [5.41, 5.74) is 6.87. The van der Waals surface area contributed by atoms with Gasteiger partial charge in [-0.3, -0.25) is 9.59 Å². The fourth-order valence-corrected chi connectivity index (χ4v) is 3.95. The zero-order valence-corrected chi connectivity index (χ0v) is 19.7. The van der Waals surface area contributed by atoms with Crippen molar-refractivity contribution in [1.29, 1.82) is 0 Å². The number of primary amides is 1. The fourth-order valence-electron chi connectivity index (χ4n) is 3.37. The minimum atomic E-state index is -0.802. The van der Waals surface area contributed by atoms with Crippen molar-refractivity contribution in [2.24, 2.45) is 5.73 Å². The summed E-state index contributed by atoms with van der Waals surface area (Å²) in [4.78, 5) is 36.6. The van der Waals surface area contributed by atoms with Crippen LogP contribution in [0.4, 0.5) is 10.5 Å². The van der Waals surface area contributed by atoms with E-state index in [1.54, 1.807) is 43.3 Å². The van der Waals surface area contributed by atoms with Gasteiger partial charge in [-0.25, -0.2) is 4.79 Å². The summed E-state index contributed by atoms with van der Waals surface area (Å²) in [5.74, 6) is -0.0310. The molecule has 2 aromatic carbocycles. The van der Waals surface area contributed by atoms with Crippen LogP contribution < -0.4 is 35.9 Å². The normalized spacial score (nSPS) is 15.3. The largest absolute Gasteiger partial charge is 0.495 e. The van der Waals surface area contributed by atoms with Crippen molar-refractivity contribution in [2.75, 3.05) is 26.1 Å². The topological polar surface area (TPSA) is 141 Å². The molecular formula is C22H23BrN4O6. The molecule has 0 aliphatic carbocycles. The van der Waals surface area contributed by atoms with Gasteiger partial charge in [-0.15, -0.1) is 0 Å². The molecule has 0 saturated heterocycles. The van der Waals surface area contributed by atoms with E-state index in [2.05, 4.69) is 31.9 Å². The summed E-state index contributed by atoms with van der Waals surface area (Å²) in [6, 6.07) is 9.00. The maximum Gasteiger partial charge on any atom is 0.319 e. The highest BCUT2D eigenvalue weighted by molar-refractivity contribution is 9.10. The molecule has 0 aromatic heterocycles. The zero-order valence-electron chi connectivity index (χ0n) is 18.2. The number of hydrogen-bond acceptors (Lipinski definition) is 6. The molecule has 1 heterocycles. The Morgan fingerprint density at radius 3 is 2.52 bits per heavy atom. The monoisotopic (exact) mass is 518 g/mol. The third kappa shape index (κ3) is 5.37. The van der Waals surface area contributed by atoms with Crippen LogP contribution >= 0.6 is 15.9 Å². The molecular weight excluding hydrogens is 496 g/mol. The van der Waals surface area contributed by atoms with Crippen molar-refractivity contribution in [3.63, 3.8) is 0 Å². The zero-order chi connectivity index (χ0) is 24.1. The summed E-state index contributed by atoms with van der Waals surface area (Å²) in [5, 5.41) is 8.23. The number of rotatable bonds is 8. The summed E-state index contributed by atoms with van der Waals surface area (Å²) in [6.07, 6.45) is 0. The predicted molar refractivity (Wildman–Crippen MR) is 124 cm³/mol. The van der Waals surface area contributed by atoms with Crippen molar-refractivity contribution in [2.45, 2.75) is 13.0 Å². The molecule has 33 heavy (non-hydrogen) atoms. The van der Waals surface area contributed by atoms with Gasteiger partial charge in [0.1, 0.15) is 5.75 Å². The first-order chi connectivity index (χ1) is 15.7. The average Bonchev–Trinajstić information content (AvgIpc) is 2.77. The molecule has 3 rings (SSSR count). The van der Waals surface area contributed by atoms with Gasteiger partial charge in [-0.1, -0.05) is 12.1 Å². The van der Waals surface area contributed by atoms with E-state index in [0.29, 0.717) is 32.7 Å². The van der Waals surface area contributed by atoms with E-state index in [9.17, 15) is 14.4 Å². The molecule has 0 spiro atoms. The van der Waals surface area contributed by atoms with E-state index in [4.69, 9.17) is 19.9 Å². The van der Waals surface area contributed by atoms with Gasteiger partial charge in [-0.05, 0) is 52.7 Å². The van der Waals surface area contributed by atoms with E-state index in [0.717, 1.165) is 0 Å². The van der Waals surface area contributed by atoms with Gasteiger partial charge < -0.3 is 35.9 Å². The van der Waals surface area contributed by atoms with Gasteiger partial charge >= 0.3 is 6.03 Å². The van der Waals surface area contributed by atoms with Gasteiger partial charge in [-0.2, -0.15) is 0 Å². The minimum absolute atomic E-state index is 0.265. The highest BCUT2D eigenvalue weighted by atomic mass is 79.9. The minimum Gasteiger partial charge on any atom is -0.495 e. The number of carbonyl (C=O) groups is 3. The third-order valence-corrected chi connectivity index (χ3v) is 5.40. The summed E-state index contributed by atoms with van der Waals surface area (Å²) in [7, 11) is 2.94. The highest BCUT2D eigenvalue weighted by Gasteiger charge is 2.32. The Hall–Kier alpha value is -3.73. The number of urea groups is 1. The molecule has 10 nitrogen and oxygen atoms in total.